The van der Waals surface area contributed by atoms with Gasteiger partial charge < -0.3 is 14.9 Å². The largest absolute Gasteiger partial charge is 0.493 e. The molecule has 0 aliphatic carbocycles. The number of hydrogen-bond acceptors (Lipinski definition) is 3. The fraction of sp³-hybridized carbons (Fsp3) is 0.600. The molecule has 0 aromatic heterocycles. The summed E-state index contributed by atoms with van der Waals surface area (Å²) in [4.78, 5) is 0. The number of aliphatic hydroxyl groups is 2. The summed E-state index contributed by atoms with van der Waals surface area (Å²) < 4.78 is 4.78. The van der Waals surface area contributed by atoms with Crippen LogP contribution in [0.4, 0.5) is 0 Å². The number of rotatable bonds is 1. The van der Waals surface area contributed by atoms with Gasteiger partial charge in [0, 0.05) is 0 Å². The molecule has 3 heteroatoms. The van der Waals surface area contributed by atoms with Crippen LogP contribution in [0.5, 0.6) is 0 Å². The molecule has 0 bridgehead atoms. The Morgan fingerprint density at radius 3 is 2.88 bits per heavy atom. The minimum absolute atomic E-state index is 0.114. The van der Waals surface area contributed by atoms with Gasteiger partial charge in [0.2, 0.25) is 0 Å². The van der Waals surface area contributed by atoms with Gasteiger partial charge in [-0.15, -0.1) is 0 Å². The highest BCUT2D eigenvalue weighted by Crippen LogP contribution is 2.07. The summed E-state index contributed by atoms with van der Waals surface area (Å²) in [5.74, 6) is 0.470. The van der Waals surface area contributed by atoms with Crippen LogP contribution in [0.25, 0.3) is 0 Å². The first-order valence-corrected chi connectivity index (χ1v) is 2.45. The fourth-order valence-electron chi connectivity index (χ4n) is 0.602. The van der Waals surface area contributed by atoms with Crippen molar-refractivity contribution in [3.8, 4) is 0 Å². The summed E-state index contributed by atoms with van der Waals surface area (Å²) in [5.41, 5.74) is 0. The molecule has 1 rings (SSSR count). The summed E-state index contributed by atoms with van der Waals surface area (Å²) in [7, 11) is 0. The Kier molecular flexibility index (Phi) is 1.50. The van der Waals surface area contributed by atoms with Gasteiger partial charge in [0.1, 0.15) is 25.1 Å². The van der Waals surface area contributed by atoms with Gasteiger partial charge in [-0.05, 0) is 6.08 Å². The molecule has 0 spiro atoms. The smallest absolute Gasteiger partial charge is 0.120 e. The molecular formula is C5H8O3. The lowest BCUT2D eigenvalue weighted by molar-refractivity contribution is 0.120. The third-order valence-corrected chi connectivity index (χ3v) is 0.974. The standard InChI is InChI=1S/C5H8O3/c6-2-5-1-4(7)3-8-5/h1,4,6-7H,2-3H2. The maximum atomic E-state index is 8.72. The quantitative estimate of drug-likeness (QED) is 0.474. The number of aliphatic hydroxyl groups excluding tert-OH is 2. The molecule has 0 saturated carbocycles. The highest BCUT2D eigenvalue weighted by atomic mass is 16.5. The molecule has 1 aliphatic rings. The third kappa shape index (κ3) is 0.993. The summed E-state index contributed by atoms with van der Waals surface area (Å²) in [6.45, 7) is 0.174. The van der Waals surface area contributed by atoms with Gasteiger partial charge in [-0.1, -0.05) is 0 Å². The predicted molar refractivity (Wildman–Crippen MR) is 27.1 cm³/mol. The average molecular weight is 116 g/mol. The molecule has 3 nitrogen and oxygen atoms in total. The second-order valence-corrected chi connectivity index (χ2v) is 1.67. The van der Waals surface area contributed by atoms with Crippen molar-refractivity contribution in [1.29, 1.82) is 0 Å². The zero-order valence-electron chi connectivity index (χ0n) is 4.37. The molecule has 0 saturated heterocycles. The van der Waals surface area contributed by atoms with Crippen LogP contribution in [0.15, 0.2) is 11.8 Å². The van der Waals surface area contributed by atoms with Crippen molar-refractivity contribution in [1.82, 2.24) is 0 Å². The van der Waals surface area contributed by atoms with Crippen LogP contribution in [0.1, 0.15) is 0 Å². The van der Waals surface area contributed by atoms with Gasteiger partial charge in [-0.2, -0.15) is 0 Å². The Hall–Kier alpha value is -0.540. The van der Waals surface area contributed by atoms with E-state index < -0.39 is 6.10 Å². The molecule has 1 heterocycles. The van der Waals surface area contributed by atoms with Crippen LogP contribution < -0.4 is 0 Å². The summed E-state index contributed by atoms with van der Waals surface area (Å²) in [6.07, 6.45) is 0.983. The minimum Gasteiger partial charge on any atom is -0.493 e. The highest BCUT2D eigenvalue weighted by molar-refractivity contribution is 5.02. The molecular weight excluding hydrogens is 108 g/mol. The van der Waals surface area contributed by atoms with Crippen molar-refractivity contribution in [2.75, 3.05) is 13.2 Å². The van der Waals surface area contributed by atoms with Crippen molar-refractivity contribution < 1.29 is 14.9 Å². The zero-order chi connectivity index (χ0) is 5.98. The van der Waals surface area contributed by atoms with E-state index in [2.05, 4.69) is 0 Å². The lowest BCUT2D eigenvalue weighted by atomic mass is 10.4. The molecule has 0 amide bonds. The van der Waals surface area contributed by atoms with Crippen molar-refractivity contribution in [3.63, 3.8) is 0 Å². The van der Waals surface area contributed by atoms with E-state index in [9.17, 15) is 0 Å². The minimum atomic E-state index is -0.517. The third-order valence-electron chi connectivity index (χ3n) is 0.974. The Morgan fingerprint density at radius 2 is 2.62 bits per heavy atom. The van der Waals surface area contributed by atoms with Crippen LogP contribution in [0, 0.1) is 0 Å². The lowest BCUT2D eigenvalue weighted by Crippen LogP contribution is -2.02. The maximum absolute atomic E-state index is 8.72. The van der Waals surface area contributed by atoms with E-state index in [4.69, 9.17) is 14.9 Å². The summed E-state index contributed by atoms with van der Waals surface area (Å²) >= 11 is 0. The molecule has 2 N–H and O–H groups in total. The van der Waals surface area contributed by atoms with E-state index in [1.165, 1.54) is 6.08 Å². The Morgan fingerprint density at radius 1 is 1.88 bits per heavy atom. The van der Waals surface area contributed by atoms with E-state index in [1.54, 1.807) is 0 Å². The molecule has 1 unspecified atom stereocenters. The van der Waals surface area contributed by atoms with E-state index in [1.807, 2.05) is 0 Å². The number of ether oxygens (including phenoxy) is 1. The van der Waals surface area contributed by atoms with E-state index >= 15 is 0 Å². The van der Waals surface area contributed by atoms with Crippen LogP contribution in [0.2, 0.25) is 0 Å². The van der Waals surface area contributed by atoms with E-state index in [0.717, 1.165) is 0 Å². The Balaban J connectivity index is 2.44. The van der Waals surface area contributed by atoms with Gasteiger partial charge in [0.05, 0.1) is 0 Å². The monoisotopic (exact) mass is 116 g/mol. The van der Waals surface area contributed by atoms with Crippen LogP contribution >= 0.6 is 0 Å². The van der Waals surface area contributed by atoms with Crippen molar-refractivity contribution in [3.05, 3.63) is 11.8 Å². The first kappa shape index (κ1) is 5.59. The predicted octanol–water partition coefficient (Wildman–Crippen LogP) is -0.746. The topological polar surface area (TPSA) is 49.7 Å². The van der Waals surface area contributed by atoms with Gasteiger partial charge >= 0.3 is 0 Å². The highest BCUT2D eigenvalue weighted by Gasteiger charge is 2.11. The van der Waals surface area contributed by atoms with E-state index in [-0.39, 0.29) is 13.2 Å². The van der Waals surface area contributed by atoms with Gasteiger partial charge in [0.25, 0.3) is 0 Å². The summed E-state index contributed by atoms with van der Waals surface area (Å²) in [5, 5.41) is 17.1. The molecule has 0 fully saturated rings. The van der Waals surface area contributed by atoms with Crippen LogP contribution in [-0.4, -0.2) is 29.5 Å². The van der Waals surface area contributed by atoms with Crippen LogP contribution in [-0.2, 0) is 4.74 Å². The van der Waals surface area contributed by atoms with Gasteiger partial charge in [-0.3, -0.25) is 0 Å². The summed E-state index contributed by atoms with van der Waals surface area (Å²) in [6, 6.07) is 0. The van der Waals surface area contributed by atoms with Crippen molar-refractivity contribution >= 4 is 0 Å². The molecule has 0 aromatic carbocycles. The molecule has 46 valence electrons. The molecule has 1 atom stereocenters. The molecule has 0 aromatic rings. The maximum Gasteiger partial charge on any atom is 0.120 e. The number of hydrogen-bond donors (Lipinski definition) is 2. The van der Waals surface area contributed by atoms with Crippen LogP contribution in [0.3, 0.4) is 0 Å². The molecule has 1 aliphatic heterocycles. The normalized spacial score (nSPS) is 27.2. The molecule has 0 radical (unpaired) electrons. The average Bonchev–Trinajstić information content (AvgIpc) is 2.14. The molecule has 8 heavy (non-hydrogen) atoms. The van der Waals surface area contributed by atoms with E-state index in [0.29, 0.717) is 5.76 Å². The lowest BCUT2D eigenvalue weighted by Gasteiger charge is -1.95. The van der Waals surface area contributed by atoms with Gasteiger partial charge in [-0.25, -0.2) is 0 Å². The second-order valence-electron chi connectivity index (χ2n) is 1.67. The second kappa shape index (κ2) is 2.15. The zero-order valence-corrected chi connectivity index (χ0v) is 4.37. The van der Waals surface area contributed by atoms with Crippen molar-refractivity contribution in [2.24, 2.45) is 0 Å². The SMILES string of the molecule is OCC1=CC(O)CO1. The first-order chi connectivity index (χ1) is 3.83. The van der Waals surface area contributed by atoms with Gasteiger partial charge in [0.15, 0.2) is 0 Å². The first-order valence-electron chi connectivity index (χ1n) is 2.45. The Bertz CT molecular complexity index is 108. The van der Waals surface area contributed by atoms with Crippen molar-refractivity contribution in [2.45, 2.75) is 6.10 Å². The fourth-order valence-corrected chi connectivity index (χ4v) is 0.602. The Labute approximate surface area is 47.2 Å².